The second kappa shape index (κ2) is 6.53. The maximum atomic E-state index is 12.3. The average Bonchev–Trinajstić information content (AvgIpc) is 3.26. The van der Waals surface area contributed by atoms with Crippen LogP contribution in [0.4, 0.5) is 5.82 Å². The van der Waals surface area contributed by atoms with Crippen LogP contribution in [-0.4, -0.2) is 27.6 Å². The van der Waals surface area contributed by atoms with Crippen LogP contribution in [-0.2, 0) is 4.79 Å². The molecule has 1 aromatic carbocycles. The molecule has 1 amide bonds. The number of amides is 1. The van der Waals surface area contributed by atoms with Crippen LogP contribution in [0, 0.1) is 11.8 Å². The summed E-state index contributed by atoms with van der Waals surface area (Å²) < 4.78 is 0.767. The summed E-state index contributed by atoms with van der Waals surface area (Å²) in [5, 5.41) is 13.7. The number of thiazole rings is 1. The number of hydrogen-bond acceptors (Lipinski definition) is 5. The maximum absolute atomic E-state index is 12.3. The minimum atomic E-state index is -0.146. The summed E-state index contributed by atoms with van der Waals surface area (Å²) >= 11 is 13.9. The molecule has 0 aliphatic heterocycles. The number of carbonyl (C=O) groups excluding carboxylic acids is 1. The highest BCUT2D eigenvalue weighted by Gasteiger charge is 2.42. The van der Waals surface area contributed by atoms with Crippen LogP contribution in [0.25, 0.3) is 20.8 Å². The molecule has 1 fully saturated rings. The molecule has 2 atom stereocenters. The van der Waals surface area contributed by atoms with Crippen LogP contribution >= 0.6 is 34.5 Å². The Labute approximate surface area is 157 Å². The van der Waals surface area contributed by atoms with Crippen LogP contribution in [0.15, 0.2) is 30.5 Å². The molecule has 2 unspecified atom stereocenters. The van der Waals surface area contributed by atoms with Gasteiger partial charge in [-0.2, -0.15) is 0 Å². The Kier molecular flexibility index (Phi) is 4.37. The van der Waals surface area contributed by atoms with E-state index in [9.17, 15) is 4.79 Å². The first kappa shape index (κ1) is 16.7. The molecule has 128 valence electrons. The summed E-state index contributed by atoms with van der Waals surface area (Å²) in [6.07, 6.45) is 2.31. The highest BCUT2D eigenvalue weighted by atomic mass is 35.5. The van der Waals surface area contributed by atoms with E-state index in [0.29, 0.717) is 32.9 Å². The monoisotopic (exact) mass is 393 g/mol. The number of pyridine rings is 1. The summed E-state index contributed by atoms with van der Waals surface area (Å²) in [6, 6.07) is 7.08. The van der Waals surface area contributed by atoms with Gasteiger partial charge in [0.05, 0.1) is 20.3 Å². The number of aliphatic hydroxyl groups excluding tert-OH is 1. The van der Waals surface area contributed by atoms with Crippen LogP contribution in [0.1, 0.15) is 6.42 Å². The van der Waals surface area contributed by atoms with Crippen molar-refractivity contribution in [2.45, 2.75) is 6.42 Å². The number of nitrogens with one attached hydrogen (secondary N) is 1. The predicted octanol–water partition coefficient (Wildman–Crippen LogP) is 4.23. The fourth-order valence-corrected chi connectivity index (χ4v) is 4.50. The van der Waals surface area contributed by atoms with E-state index < -0.39 is 0 Å². The fraction of sp³-hybridized carbons (Fsp3) is 0.235. The lowest BCUT2D eigenvalue weighted by Gasteiger charge is -2.04. The van der Waals surface area contributed by atoms with Crippen molar-refractivity contribution in [3.05, 3.63) is 40.5 Å². The smallest absolute Gasteiger partial charge is 0.229 e. The lowest BCUT2D eigenvalue weighted by Crippen LogP contribution is -2.16. The van der Waals surface area contributed by atoms with E-state index in [0.717, 1.165) is 10.2 Å². The van der Waals surface area contributed by atoms with Crippen LogP contribution < -0.4 is 5.32 Å². The Hall–Kier alpha value is -1.73. The number of anilines is 1. The second-order valence-corrected chi connectivity index (χ2v) is 7.71. The van der Waals surface area contributed by atoms with Gasteiger partial charge in [-0.1, -0.05) is 29.3 Å². The molecule has 1 aliphatic carbocycles. The number of halogens is 2. The molecule has 1 aliphatic rings. The molecule has 0 spiro atoms. The third-order valence-corrected chi connectivity index (χ3v) is 5.94. The number of carbonyl (C=O) groups is 1. The van der Waals surface area contributed by atoms with Crippen molar-refractivity contribution in [2.24, 2.45) is 11.8 Å². The van der Waals surface area contributed by atoms with Gasteiger partial charge in [-0.05, 0) is 30.5 Å². The highest BCUT2D eigenvalue weighted by Crippen LogP contribution is 2.42. The largest absolute Gasteiger partial charge is 0.396 e. The summed E-state index contributed by atoms with van der Waals surface area (Å²) in [5.74, 6) is 0.258. The average molecular weight is 394 g/mol. The lowest BCUT2D eigenvalue weighted by atomic mass is 10.2. The Bertz CT molecular complexity index is 955. The number of aromatic nitrogens is 2. The highest BCUT2D eigenvalue weighted by molar-refractivity contribution is 7.22. The number of fused-ring (bicyclic) bond motifs is 1. The van der Waals surface area contributed by atoms with Crippen LogP contribution in [0.2, 0.25) is 10.0 Å². The number of nitrogens with zero attached hydrogens (tertiary/aromatic N) is 2. The number of aliphatic hydroxyl groups is 1. The van der Waals surface area contributed by atoms with Crippen LogP contribution in [0.3, 0.4) is 0 Å². The van der Waals surface area contributed by atoms with E-state index in [1.54, 1.807) is 30.5 Å². The zero-order valence-corrected chi connectivity index (χ0v) is 15.2. The third-order valence-electron chi connectivity index (χ3n) is 4.22. The molecular formula is C17H13Cl2N3O2S. The van der Waals surface area contributed by atoms with Gasteiger partial charge in [-0.15, -0.1) is 11.3 Å². The van der Waals surface area contributed by atoms with E-state index in [4.69, 9.17) is 28.3 Å². The summed E-state index contributed by atoms with van der Waals surface area (Å²) in [7, 11) is 0. The van der Waals surface area contributed by atoms with E-state index in [-0.39, 0.29) is 24.3 Å². The number of hydrogen-bond donors (Lipinski definition) is 2. The molecule has 2 N–H and O–H groups in total. The second-order valence-electron chi connectivity index (χ2n) is 5.90. The van der Waals surface area contributed by atoms with Crippen molar-refractivity contribution in [1.82, 2.24) is 9.97 Å². The van der Waals surface area contributed by atoms with E-state index in [1.807, 2.05) is 0 Å². The van der Waals surface area contributed by atoms with Gasteiger partial charge >= 0.3 is 0 Å². The van der Waals surface area contributed by atoms with Crippen molar-refractivity contribution in [3.63, 3.8) is 0 Å². The van der Waals surface area contributed by atoms with E-state index in [1.165, 1.54) is 11.3 Å². The van der Waals surface area contributed by atoms with Gasteiger partial charge in [0.2, 0.25) is 5.91 Å². The van der Waals surface area contributed by atoms with Crippen molar-refractivity contribution >= 4 is 56.5 Å². The first-order valence-electron chi connectivity index (χ1n) is 7.70. The fourth-order valence-electron chi connectivity index (χ4n) is 2.73. The molecule has 0 bridgehead atoms. The summed E-state index contributed by atoms with van der Waals surface area (Å²) in [5.41, 5.74) is 1.39. The maximum Gasteiger partial charge on any atom is 0.229 e. The van der Waals surface area contributed by atoms with Gasteiger partial charge in [-0.3, -0.25) is 4.79 Å². The molecule has 0 saturated heterocycles. The van der Waals surface area contributed by atoms with Gasteiger partial charge in [0, 0.05) is 24.3 Å². The minimum absolute atomic E-state index is 0.0332. The van der Waals surface area contributed by atoms with Gasteiger partial charge in [0.25, 0.3) is 0 Å². The van der Waals surface area contributed by atoms with E-state index >= 15 is 0 Å². The van der Waals surface area contributed by atoms with Gasteiger partial charge in [0.1, 0.15) is 5.01 Å². The zero-order valence-electron chi connectivity index (χ0n) is 12.9. The van der Waals surface area contributed by atoms with Crippen LogP contribution in [0.5, 0.6) is 0 Å². The minimum Gasteiger partial charge on any atom is -0.396 e. The Morgan fingerprint density at radius 3 is 2.76 bits per heavy atom. The quantitative estimate of drug-likeness (QED) is 0.695. The van der Waals surface area contributed by atoms with Crippen molar-refractivity contribution in [2.75, 3.05) is 11.9 Å². The van der Waals surface area contributed by atoms with Crippen molar-refractivity contribution in [1.29, 1.82) is 0 Å². The molecule has 4 rings (SSSR count). The molecule has 25 heavy (non-hydrogen) atoms. The normalized spacial score (nSPS) is 19.2. The molecule has 0 radical (unpaired) electrons. The number of benzene rings is 1. The molecule has 5 nitrogen and oxygen atoms in total. The summed E-state index contributed by atoms with van der Waals surface area (Å²) in [6.45, 7) is 0.0332. The lowest BCUT2D eigenvalue weighted by molar-refractivity contribution is -0.117. The Morgan fingerprint density at radius 1 is 1.32 bits per heavy atom. The SMILES string of the molecule is O=C(Nc1nccc2nc(-c3c(Cl)cccc3Cl)sc12)C1CC1CO. The molecular weight excluding hydrogens is 381 g/mol. The molecule has 3 aromatic rings. The molecule has 2 aromatic heterocycles. The molecule has 1 saturated carbocycles. The Morgan fingerprint density at radius 2 is 2.08 bits per heavy atom. The van der Waals surface area contributed by atoms with Gasteiger partial charge in [0.15, 0.2) is 5.82 Å². The standard InChI is InChI=1S/C17H13Cl2N3O2S/c18-10-2-1-3-11(19)13(10)17-21-12-4-5-20-15(14(12)25-17)22-16(24)9-6-8(9)7-23/h1-5,8-9,23H,6-7H2,(H,20,22,24). The van der Waals surface area contributed by atoms with Gasteiger partial charge < -0.3 is 10.4 Å². The third kappa shape index (κ3) is 3.11. The molecule has 8 heteroatoms. The first-order valence-corrected chi connectivity index (χ1v) is 9.27. The topological polar surface area (TPSA) is 75.1 Å². The van der Waals surface area contributed by atoms with E-state index in [2.05, 4.69) is 15.3 Å². The van der Waals surface area contributed by atoms with Crippen molar-refractivity contribution in [3.8, 4) is 10.6 Å². The van der Waals surface area contributed by atoms with Crippen molar-refractivity contribution < 1.29 is 9.90 Å². The summed E-state index contributed by atoms with van der Waals surface area (Å²) in [4.78, 5) is 21.1. The van der Waals surface area contributed by atoms with Gasteiger partial charge in [-0.25, -0.2) is 9.97 Å². The zero-order chi connectivity index (χ0) is 17.6. The number of rotatable bonds is 4. The Balaban J connectivity index is 1.71. The predicted molar refractivity (Wildman–Crippen MR) is 100 cm³/mol. The molecule has 2 heterocycles. The first-order chi connectivity index (χ1) is 12.1.